The number of nitrogens with one attached hydrogen (secondary N) is 1. The predicted molar refractivity (Wildman–Crippen MR) is 82.7 cm³/mol. The van der Waals surface area contributed by atoms with Crippen molar-refractivity contribution in [2.75, 3.05) is 11.9 Å². The van der Waals surface area contributed by atoms with Crippen LogP contribution in [0.25, 0.3) is 0 Å². The Kier molecular flexibility index (Phi) is 7.46. The van der Waals surface area contributed by atoms with Gasteiger partial charge in [-0.25, -0.2) is 9.97 Å². The number of hydrogen-bond acceptors (Lipinski definition) is 3. The van der Waals surface area contributed by atoms with Gasteiger partial charge in [0.25, 0.3) is 0 Å². The van der Waals surface area contributed by atoms with Gasteiger partial charge in [0.15, 0.2) is 0 Å². The molecule has 0 amide bonds. The van der Waals surface area contributed by atoms with E-state index in [4.69, 9.17) is 0 Å². The van der Waals surface area contributed by atoms with Crippen molar-refractivity contribution in [1.82, 2.24) is 9.97 Å². The zero-order valence-corrected chi connectivity index (χ0v) is 13.0. The van der Waals surface area contributed by atoms with Crippen molar-refractivity contribution in [2.45, 2.75) is 72.1 Å². The van der Waals surface area contributed by atoms with Crippen LogP contribution in [0.2, 0.25) is 0 Å². The van der Waals surface area contributed by atoms with Gasteiger partial charge in [0.05, 0.1) is 0 Å². The van der Waals surface area contributed by atoms with E-state index in [1.54, 1.807) is 0 Å². The Labute approximate surface area is 118 Å². The summed E-state index contributed by atoms with van der Waals surface area (Å²) < 4.78 is 0. The molecular weight excluding hydrogens is 234 g/mol. The highest BCUT2D eigenvalue weighted by atomic mass is 15.0. The van der Waals surface area contributed by atoms with Crippen LogP contribution in [0.5, 0.6) is 0 Å². The molecule has 19 heavy (non-hydrogen) atoms. The summed E-state index contributed by atoms with van der Waals surface area (Å²) >= 11 is 0. The van der Waals surface area contributed by atoms with Crippen molar-refractivity contribution < 1.29 is 0 Å². The van der Waals surface area contributed by atoms with E-state index in [1.165, 1.54) is 38.5 Å². The van der Waals surface area contributed by atoms with Crippen molar-refractivity contribution in [2.24, 2.45) is 0 Å². The molecule has 1 heterocycles. The van der Waals surface area contributed by atoms with Crippen LogP contribution in [0.15, 0.2) is 6.07 Å². The third-order valence-electron chi connectivity index (χ3n) is 3.22. The number of aryl methyl sites for hydroxylation is 1. The van der Waals surface area contributed by atoms with Gasteiger partial charge in [0.1, 0.15) is 11.6 Å². The molecule has 0 atom stereocenters. The molecule has 3 heteroatoms. The van der Waals surface area contributed by atoms with E-state index >= 15 is 0 Å². The lowest BCUT2D eigenvalue weighted by Crippen LogP contribution is -2.07. The second kappa shape index (κ2) is 8.89. The number of rotatable bonds is 9. The van der Waals surface area contributed by atoms with Crippen molar-refractivity contribution in [3.63, 3.8) is 0 Å². The number of hydrogen-bond donors (Lipinski definition) is 1. The summed E-state index contributed by atoms with van der Waals surface area (Å²) in [6.07, 6.45) is 7.96. The molecule has 1 aromatic rings. The summed E-state index contributed by atoms with van der Waals surface area (Å²) in [5.74, 6) is 2.30. The van der Waals surface area contributed by atoms with Gasteiger partial charge in [-0.2, -0.15) is 0 Å². The Bertz CT molecular complexity index is 361. The Hall–Kier alpha value is -1.12. The van der Waals surface area contributed by atoms with E-state index in [9.17, 15) is 0 Å². The maximum absolute atomic E-state index is 4.56. The van der Waals surface area contributed by atoms with Crippen LogP contribution in [0.3, 0.4) is 0 Å². The highest BCUT2D eigenvalue weighted by molar-refractivity contribution is 5.36. The summed E-state index contributed by atoms with van der Waals surface area (Å²) in [7, 11) is 0. The molecular formula is C16H29N3. The Balaban J connectivity index is 2.29. The van der Waals surface area contributed by atoms with Crippen LogP contribution in [-0.4, -0.2) is 16.5 Å². The summed E-state index contributed by atoms with van der Waals surface area (Å²) in [6.45, 7) is 9.56. The maximum Gasteiger partial charge on any atom is 0.133 e. The van der Waals surface area contributed by atoms with Crippen LogP contribution in [0, 0.1) is 6.92 Å². The third kappa shape index (κ3) is 6.55. The first-order valence-electron chi connectivity index (χ1n) is 7.73. The van der Waals surface area contributed by atoms with Gasteiger partial charge >= 0.3 is 0 Å². The topological polar surface area (TPSA) is 37.8 Å². The average molecular weight is 263 g/mol. The number of anilines is 1. The van der Waals surface area contributed by atoms with Crippen molar-refractivity contribution >= 4 is 5.82 Å². The second-order valence-corrected chi connectivity index (χ2v) is 5.60. The van der Waals surface area contributed by atoms with E-state index in [2.05, 4.69) is 36.1 Å². The molecule has 0 bridgehead atoms. The summed E-state index contributed by atoms with van der Waals surface area (Å²) in [5, 5.41) is 3.42. The molecule has 0 aliphatic rings. The zero-order chi connectivity index (χ0) is 14.1. The molecule has 1 aromatic heterocycles. The first-order valence-corrected chi connectivity index (χ1v) is 7.73. The normalized spacial score (nSPS) is 11.0. The molecule has 0 saturated heterocycles. The first-order chi connectivity index (χ1) is 9.13. The van der Waals surface area contributed by atoms with E-state index in [0.717, 1.165) is 23.9 Å². The van der Waals surface area contributed by atoms with Crippen molar-refractivity contribution in [3.05, 3.63) is 17.6 Å². The fourth-order valence-electron chi connectivity index (χ4n) is 2.06. The minimum atomic E-state index is 0.384. The number of aromatic nitrogens is 2. The lowest BCUT2D eigenvalue weighted by molar-refractivity contribution is 0.616. The van der Waals surface area contributed by atoms with Gasteiger partial charge in [-0.15, -0.1) is 0 Å². The largest absolute Gasteiger partial charge is 0.370 e. The van der Waals surface area contributed by atoms with Gasteiger partial charge in [-0.1, -0.05) is 52.9 Å². The number of unbranched alkanes of at least 4 members (excludes halogenated alkanes) is 5. The molecule has 0 spiro atoms. The highest BCUT2D eigenvalue weighted by Crippen LogP contribution is 2.13. The Morgan fingerprint density at radius 3 is 2.42 bits per heavy atom. The summed E-state index contributed by atoms with van der Waals surface area (Å²) in [6, 6.07) is 2.03. The Morgan fingerprint density at radius 1 is 1.05 bits per heavy atom. The van der Waals surface area contributed by atoms with Crippen molar-refractivity contribution in [1.29, 1.82) is 0 Å². The first kappa shape index (κ1) is 15.9. The summed E-state index contributed by atoms with van der Waals surface area (Å²) in [5.41, 5.74) is 1.05. The van der Waals surface area contributed by atoms with Crippen LogP contribution in [0.4, 0.5) is 5.82 Å². The zero-order valence-electron chi connectivity index (χ0n) is 13.0. The fraction of sp³-hybridized carbons (Fsp3) is 0.750. The predicted octanol–water partition coefficient (Wildman–Crippen LogP) is 4.68. The molecule has 0 radical (unpaired) electrons. The van der Waals surface area contributed by atoms with Crippen LogP contribution >= 0.6 is 0 Å². The van der Waals surface area contributed by atoms with E-state index in [-0.39, 0.29) is 0 Å². The molecule has 1 rings (SSSR count). The average Bonchev–Trinajstić information content (AvgIpc) is 2.37. The third-order valence-corrected chi connectivity index (χ3v) is 3.22. The van der Waals surface area contributed by atoms with Crippen molar-refractivity contribution in [3.8, 4) is 0 Å². The molecule has 0 saturated carbocycles. The Morgan fingerprint density at radius 2 is 1.74 bits per heavy atom. The molecule has 0 fully saturated rings. The highest BCUT2D eigenvalue weighted by Gasteiger charge is 2.05. The molecule has 0 aliphatic heterocycles. The van der Waals surface area contributed by atoms with Crippen LogP contribution in [0.1, 0.15) is 76.7 Å². The van der Waals surface area contributed by atoms with Gasteiger partial charge in [0.2, 0.25) is 0 Å². The molecule has 0 aromatic carbocycles. The molecule has 0 aliphatic carbocycles. The van der Waals surface area contributed by atoms with E-state index in [1.807, 2.05) is 13.0 Å². The molecule has 1 N–H and O–H groups in total. The van der Waals surface area contributed by atoms with Crippen LogP contribution < -0.4 is 5.32 Å². The maximum atomic E-state index is 4.56. The quantitative estimate of drug-likeness (QED) is 0.657. The monoisotopic (exact) mass is 263 g/mol. The molecule has 3 nitrogen and oxygen atoms in total. The SMILES string of the molecule is CCCCCCCCNc1cc(C)nc(C(C)C)n1. The van der Waals surface area contributed by atoms with E-state index < -0.39 is 0 Å². The standard InChI is InChI=1S/C16H29N3/c1-5-6-7-8-9-10-11-17-15-12-14(4)18-16(19-15)13(2)3/h12-13H,5-11H2,1-4H3,(H,17,18,19). The van der Waals surface area contributed by atoms with Gasteiger partial charge in [-0.05, 0) is 13.3 Å². The minimum Gasteiger partial charge on any atom is -0.370 e. The van der Waals surface area contributed by atoms with Gasteiger partial charge in [-0.3, -0.25) is 0 Å². The second-order valence-electron chi connectivity index (χ2n) is 5.60. The molecule has 108 valence electrons. The molecule has 0 unspecified atom stereocenters. The minimum absolute atomic E-state index is 0.384. The van der Waals surface area contributed by atoms with Gasteiger partial charge in [0, 0.05) is 24.2 Å². The number of nitrogens with zero attached hydrogens (tertiary/aromatic N) is 2. The van der Waals surface area contributed by atoms with Crippen LogP contribution in [-0.2, 0) is 0 Å². The van der Waals surface area contributed by atoms with E-state index in [0.29, 0.717) is 5.92 Å². The lowest BCUT2D eigenvalue weighted by atomic mass is 10.1. The summed E-state index contributed by atoms with van der Waals surface area (Å²) in [4.78, 5) is 9.02. The lowest BCUT2D eigenvalue weighted by Gasteiger charge is -2.10. The fourth-order valence-corrected chi connectivity index (χ4v) is 2.06. The van der Waals surface area contributed by atoms with Gasteiger partial charge < -0.3 is 5.32 Å². The smallest absolute Gasteiger partial charge is 0.133 e.